The minimum absolute atomic E-state index is 0.0158. The zero-order chi connectivity index (χ0) is 13.7. The number of carbonyl (C=O) groups excluding carboxylic acids is 1. The SMILES string of the molecule is CCN(CC1CCC1)C(=O)C(C(N)=NO)C(C)C. The number of rotatable bonds is 6. The number of hydrogen-bond donors (Lipinski definition) is 2. The van der Waals surface area contributed by atoms with Crippen molar-refractivity contribution >= 4 is 11.7 Å². The molecule has 3 N–H and O–H groups in total. The van der Waals surface area contributed by atoms with E-state index in [1.165, 1.54) is 19.3 Å². The molecule has 0 radical (unpaired) electrons. The first-order valence-corrected chi connectivity index (χ1v) is 6.77. The van der Waals surface area contributed by atoms with Crippen LogP contribution >= 0.6 is 0 Å². The van der Waals surface area contributed by atoms with Crippen LogP contribution in [0, 0.1) is 17.8 Å². The second-order valence-electron chi connectivity index (χ2n) is 5.42. The van der Waals surface area contributed by atoms with Gasteiger partial charge in [-0.15, -0.1) is 0 Å². The van der Waals surface area contributed by atoms with Gasteiger partial charge in [-0.1, -0.05) is 25.4 Å². The third kappa shape index (κ3) is 3.37. The van der Waals surface area contributed by atoms with E-state index in [0.717, 1.165) is 6.54 Å². The largest absolute Gasteiger partial charge is 0.409 e. The summed E-state index contributed by atoms with van der Waals surface area (Å²) in [7, 11) is 0. The molecule has 0 saturated heterocycles. The molecule has 1 saturated carbocycles. The van der Waals surface area contributed by atoms with E-state index in [-0.39, 0.29) is 17.7 Å². The van der Waals surface area contributed by atoms with E-state index >= 15 is 0 Å². The Morgan fingerprint density at radius 2 is 2.11 bits per heavy atom. The van der Waals surface area contributed by atoms with Gasteiger partial charge >= 0.3 is 0 Å². The molecule has 1 amide bonds. The predicted octanol–water partition coefficient (Wildman–Crippen LogP) is 1.65. The molecule has 0 aromatic heterocycles. The lowest BCUT2D eigenvalue weighted by molar-refractivity contribution is -0.135. The first-order valence-electron chi connectivity index (χ1n) is 6.77. The van der Waals surface area contributed by atoms with Crippen LogP contribution < -0.4 is 5.73 Å². The van der Waals surface area contributed by atoms with Gasteiger partial charge in [-0.3, -0.25) is 4.79 Å². The van der Waals surface area contributed by atoms with Crippen molar-refractivity contribution < 1.29 is 10.0 Å². The molecule has 0 aromatic rings. The lowest BCUT2D eigenvalue weighted by atomic mass is 9.84. The number of nitrogens with zero attached hydrogens (tertiary/aromatic N) is 2. The van der Waals surface area contributed by atoms with Crippen LogP contribution in [0.4, 0.5) is 0 Å². The van der Waals surface area contributed by atoms with Crippen molar-refractivity contribution in [3.8, 4) is 0 Å². The molecular weight excluding hydrogens is 230 g/mol. The Hall–Kier alpha value is -1.26. The van der Waals surface area contributed by atoms with E-state index in [0.29, 0.717) is 12.5 Å². The van der Waals surface area contributed by atoms with Crippen molar-refractivity contribution in [2.45, 2.75) is 40.0 Å². The molecule has 0 spiro atoms. The Morgan fingerprint density at radius 3 is 2.44 bits per heavy atom. The summed E-state index contributed by atoms with van der Waals surface area (Å²) in [5.41, 5.74) is 5.64. The van der Waals surface area contributed by atoms with E-state index < -0.39 is 5.92 Å². The van der Waals surface area contributed by atoms with Gasteiger partial charge < -0.3 is 15.8 Å². The highest BCUT2D eigenvalue weighted by atomic mass is 16.4. The summed E-state index contributed by atoms with van der Waals surface area (Å²) in [6, 6.07) is 0. The normalized spacial score (nSPS) is 18.6. The summed E-state index contributed by atoms with van der Waals surface area (Å²) in [5.74, 6) is 0.143. The Kier molecular flexibility index (Phi) is 5.44. The van der Waals surface area contributed by atoms with Crippen LogP contribution in [-0.4, -0.2) is 34.9 Å². The molecule has 0 bridgehead atoms. The van der Waals surface area contributed by atoms with Crippen molar-refractivity contribution in [2.24, 2.45) is 28.6 Å². The second kappa shape index (κ2) is 6.61. The maximum absolute atomic E-state index is 12.4. The van der Waals surface area contributed by atoms with Crippen molar-refractivity contribution in [3.05, 3.63) is 0 Å². The van der Waals surface area contributed by atoms with Gasteiger partial charge in [0, 0.05) is 13.1 Å². The number of carbonyl (C=O) groups is 1. The molecule has 5 nitrogen and oxygen atoms in total. The molecule has 1 fully saturated rings. The number of oxime groups is 1. The Morgan fingerprint density at radius 1 is 1.50 bits per heavy atom. The molecule has 0 aliphatic heterocycles. The fourth-order valence-corrected chi connectivity index (χ4v) is 2.37. The standard InChI is InChI=1S/C13H25N3O2/c1-4-16(8-10-6-5-7-10)13(17)11(9(2)3)12(14)15-18/h9-11,18H,4-8H2,1-3H3,(H2,14,15). The minimum atomic E-state index is -0.518. The summed E-state index contributed by atoms with van der Waals surface area (Å²) in [6.07, 6.45) is 3.68. The number of amidine groups is 1. The first-order chi connectivity index (χ1) is 8.51. The van der Waals surface area contributed by atoms with Crippen LogP contribution in [0.1, 0.15) is 40.0 Å². The first kappa shape index (κ1) is 14.8. The molecule has 18 heavy (non-hydrogen) atoms. The Balaban J connectivity index is 2.72. The van der Waals surface area contributed by atoms with Crippen molar-refractivity contribution in [1.29, 1.82) is 0 Å². The highest BCUT2D eigenvalue weighted by Gasteiger charge is 2.32. The van der Waals surface area contributed by atoms with Crippen LogP contribution in [0.3, 0.4) is 0 Å². The number of hydrogen-bond acceptors (Lipinski definition) is 3. The topological polar surface area (TPSA) is 78.9 Å². The molecule has 0 aromatic carbocycles. The van der Waals surface area contributed by atoms with Gasteiger partial charge in [0.15, 0.2) is 5.84 Å². The van der Waals surface area contributed by atoms with Crippen LogP contribution in [0.5, 0.6) is 0 Å². The zero-order valence-corrected chi connectivity index (χ0v) is 11.6. The van der Waals surface area contributed by atoms with Crippen LogP contribution in [-0.2, 0) is 4.79 Å². The number of nitrogens with two attached hydrogens (primary N) is 1. The Labute approximate surface area is 109 Å². The van der Waals surface area contributed by atoms with Crippen molar-refractivity contribution in [1.82, 2.24) is 4.90 Å². The fraction of sp³-hybridized carbons (Fsp3) is 0.846. The fourth-order valence-electron chi connectivity index (χ4n) is 2.37. The van der Waals surface area contributed by atoms with E-state index in [1.54, 1.807) is 0 Å². The molecule has 1 rings (SSSR count). The van der Waals surface area contributed by atoms with E-state index in [1.807, 2.05) is 25.7 Å². The molecule has 1 unspecified atom stereocenters. The smallest absolute Gasteiger partial charge is 0.233 e. The van der Waals surface area contributed by atoms with Gasteiger partial charge in [-0.2, -0.15) is 0 Å². The lowest BCUT2D eigenvalue weighted by Gasteiger charge is -2.34. The Bertz CT molecular complexity index is 311. The predicted molar refractivity (Wildman–Crippen MR) is 71.3 cm³/mol. The van der Waals surface area contributed by atoms with Gasteiger partial charge in [-0.05, 0) is 31.6 Å². The van der Waals surface area contributed by atoms with Crippen molar-refractivity contribution in [3.63, 3.8) is 0 Å². The average molecular weight is 255 g/mol. The third-order valence-corrected chi connectivity index (χ3v) is 3.76. The summed E-state index contributed by atoms with van der Waals surface area (Å²) >= 11 is 0. The van der Waals surface area contributed by atoms with Crippen molar-refractivity contribution in [2.75, 3.05) is 13.1 Å². The maximum atomic E-state index is 12.4. The van der Waals surface area contributed by atoms with Crippen LogP contribution in [0.2, 0.25) is 0 Å². The average Bonchev–Trinajstić information content (AvgIpc) is 2.27. The lowest BCUT2D eigenvalue weighted by Crippen LogP contribution is -2.46. The second-order valence-corrected chi connectivity index (χ2v) is 5.42. The van der Waals surface area contributed by atoms with Crippen LogP contribution in [0.25, 0.3) is 0 Å². The molecule has 1 aliphatic rings. The quantitative estimate of drug-likeness (QED) is 0.328. The van der Waals surface area contributed by atoms with E-state index in [4.69, 9.17) is 10.9 Å². The van der Waals surface area contributed by atoms with Crippen LogP contribution in [0.15, 0.2) is 5.16 Å². The highest BCUT2D eigenvalue weighted by molar-refractivity contribution is 6.02. The monoisotopic (exact) mass is 255 g/mol. The number of amides is 1. The summed E-state index contributed by atoms with van der Waals surface area (Å²) in [4.78, 5) is 14.3. The minimum Gasteiger partial charge on any atom is -0.409 e. The molecular formula is C13H25N3O2. The van der Waals surface area contributed by atoms with E-state index in [9.17, 15) is 4.79 Å². The van der Waals surface area contributed by atoms with Gasteiger partial charge in [0.05, 0.1) is 0 Å². The summed E-state index contributed by atoms with van der Waals surface area (Å²) < 4.78 is 0. The van der Waals surface area contributed by atoms with E-state index in [2.05, 4.69) is 5.16 Å². The molecule has 0 heterocycles. The third-order valence-electron chi connectivity index (χ3n) is 3.76. The molecule has 5 heteroatoms. The summed E-state index contributed by atoms with van der Waals surface area (Å²) in [5, 5.41) is 11.8. The highest BCUT2D eigenvalue weighted by Crippen LogP contribution is 2.28. The van der Waals surface area contributed by atoms with Gasteiger partial charge in [0.25, 0.3) is 0 Å². The zero-order valence-electron chi connectivity index (χ0n) is 11.6. The van der Waals surface area contributed by atoms with Gasteiger partial charge in [0.2, 0.25) is 5.91 Å². The summed E-state index contributed by atoms with van der Waals surface area (Å²) in [6.45, 7) is 7.28. The van der Waals surface area contributed by atoms with Gasteiger partial charge in [-0.25, -0.2) is 0 Å². The molecule has 1 aliphatic carbocycles. The molecule has 1 atom stereocenters. The molecule has 104 valence electrons. The maximum Gasteiger partial charge on any atom is 0.233 e. The van der Waals surface area contributed by atoms with Gasteiger partial charge in [0.1, 0.15) is 5.92 Å².